The third-order valence-electron chi connectivity index (χ3n) is 2.88. The highest BCUT2D eigenvalue weighted by Crippen LogP contribution is 2.28. The zero-order valence-electron chi connectivity index (χ0n) is 12.3. The van der Waals surface area contributed by atoms with E-state index in [-0.39, 0.29) is 0 Å². The van der Waals surface area contributed by atoms with Crippen molar-refractivity contribution in [1.29, 1.82) is 0 Å². The summed E-state index contributed by atoms with van der Waals surface area (Å²) in [7, 11) is -2.62. The van der Waals surface area contributed by atoms with Crippen molar-refractivity contribution in [1.82, 2.24) is 0 Å². The molecular formula is C12H31N4O3P. The topological polar surface area (TPSA) is 140 Å². The standard InChI is InChI=1S/C12H31N4O3P/c13-9-5-1-3-7-11(15)18-20(17)19-12(16)8-4-2-6-10-14/h11-12,20H,1-10,13-16H2. The van der Waals surface area contributed by atoms with Gasteiger partial charge in [0, 0.05) is 0 Å². The fraction of sp³-hybridized carbons (Fsp3) is 1.00. The third kappa shape index (κ3) is 13.0. The molecule has 0 bridgehead atoms. The Morgan fingerprint density at radius 2 is 1.15 bits per heavy atom. The van der Waals surface area contributed by atoms with E-state index in [2.05, 4.69) is 0 Å². The second-order valence-electron chi connectivity index (χ2n) is 4.84. The maximum atomic E-state index is 11.6. The van der Waals surface area contributed by atoms with Crippen LogP contribution in [-0.2, 0) is 13.6 Å². The first-order valence-corrected chi connectivity index (χ1v) is 8.61. The molecule has 0 aliphatic heterocycles. The summed E-state index contributed by atoms with van der Waals surface area (Å²) in [6.07, 6.45) is 5.88. The van der Waals surface area contributed by atoms with Crippen LogP contribution in [0.4, 0.5) is 0 Å². The van der Waals surface area contributed by atoms with E-state index in [9.17, 15) is 4.57 Å². The van der Waals surface area contributed by atoms with Gasteiger partial charge < -0.3 is 22.9 Å². The van der Waals surface area contributed by atoms with Crippen LogP contribution in [0.25, 0.3) is 0 Å². The molecule has 0 aromatic heterocycles. The number of unbranched alkanes of at least 4 members (excludes halogenated alkanes) is 4. The Labute approximate surface area is 122 Å². The Balaban J connectivity index is 3.59. The minimum Gasteiger partial charge on any atom is -0.330 e. The first kappa shape index (κ1) is 20.0. The minimum atomic E-state index is -2.62. The van der Waals surface area contributed by atoms with Gasteiger partial charge in [-0.1, -0.05) is 12.8 Å². The van der Waals surface area contributed by atoms with Crippen molar-refractivity contribution in [3.8, 4) is 0 Å². The molecule has 0 aliphatic carbocycles. The van der Waals surface area contributed by atoms with Gasteiger partial charge in [0.05, 0.1) is 0 Å². The van der Waals surface area contributed by atoms with Crippen LogP contribution in [0, 0.1) is 0 Å². The van der Waals surface area contributed by atoms with Gasteiger partial charge >= 0.3 is 8.25 Å². The zero-order valence-corrected chi connectivity index (χ0v) is 13.3. The SMILES string of the molecule is NCCCCCC(N)O[PH](=O)OC(N)CCCCCN. The van der Waals surface area contributed by atoms with Crippen LogP contribution in [0.5, 0.6) is 0 Å². The molecule has 2 atom stereocenters. The van der Waals surface area contributed by atoms with Gasteiger partial charge in [-0.15, -0.1) is 0 Å². The lowest BCUT2D eigenvalue weighted by atomic mass is 10.2. The van der Waals surface area contributed by atoms with Crippen LogP contribution in [0.3, 0.4) is 0 Å². The van der Waals surface area contributed by atoms with Crippen molar-refractivity contribution >= 4 is 8.25 Å². The highest BCUT2D eigenvalue weighted by atomic mass is 31.1. The fourth-order valence-corrected chi connectivity index (χ4v) is 2.51. The lowest BCUT2D eigenvalue weighted by molar-refractivity contribution is 0.123. The Morgan fingerprint density at radius 3 is 1.50 bits per heavy atom. The van der Waals surface area contributed by atoms with Gasteiger partial charge in [0.2, 0.25) is 0 Å². The molecule has 0 fully saturated rings. The average Bonchev–Trinajstić information content (AvgIpc) is 2.39. The third-order valence-corrected chi connectivity index (χ3v) is 3.87. The minimum absolute atomic E-state index is 0.566. The molecular weight excluding hydrogens is 279 g/mol. The summed E-state index contributed by atoms with van der Waals surface area (Å²) in [5.74, 6) is 0. The Morgan fingerprint density at radius 1 is 0.750 bits per heavy atom. The van der Waals surface area contributed by atoms with E-state index in [0.29, 0.717) is 25.9 Å². The fourth-order valence-electron chi connectivity index (χ4n) is 1.73. The van der Waals surface area contributed by atoms with Gasteiger partial charge in [-0.05, 0) is 51.6 Å². The van der Waals surface area contributed by atoms with Gasteiger partial charge in [-0.25, -0.2) is 0 Å². The molecule has 0 rings (SSSR count). The van der Waals surface area contributed by atoms with Crippen molar-refractivity contribution in [3.63, 3.8) is 0 Å². The first-order chi connectivity index (χ1) is 9.60. The summed E-state index contributed by atoms with van der Waals surface area (Å²) in [5, 5.41) is 0. The van der Waals surface area contributed by atoms with E-state index in [1.807, 2.05) is 0 Å². The molecule has 7 nitrogen and oxygen atoms in total. The van der Waals surface area contributed by atoms with E-state index < -0.39 is 20.7 Å². The van der Waals surface area contributed by atoms with Gasteiger partial charge in [-0.3, -0.25) is 13.6 Å². The van der Waals surface area contributed by atoms with E-state index >= 15 is 0 Å². The molecule has 0 saturated carbocycles. The van der Waals surface area contributed by atoms with E-state index in [1.54, 1.807) is 0 Å². The predicted octanol–water partition coefficient (Wildman–Crippen LogP) is 1.02. The normalized spacial score (nSPS) is 16.0. The van der Waals surface area contributed by atoms with Crippen LogP contribution in [0.2, 0.25) is 0 Å². The summed E-state index contributed by atoms with van der Waals surface area (Å²) < 4.78 is 21.8. The largest absolute Gasteiger partial charge is 0.330 e. The van der Waals surface area contributed by atoms with Crippen LogP contribution in [0.1, 0.15) is 51.4 Å². The summed E-state index contributed by atoms with van der Waals surface area (Å²) in [5.41, 5.74) is 22.2. The highest BCUT2D eigenvalue weighted by molar-refractivity contribution is 7.33. The lowest BCUT2D eigenvalue weighted by Crippen LogP contribution is -2.24. The molecule has 0 spiro atoms. The van der Waals surface area contributed by atoms with Gasteiger partial charge in [0.25, 0.3) is 0 Å². The summed E-state index contributed by atoms with van der Waals surface area (Å²) >= 11 is 0. The van der Waals surface area contributed by atoms with Crippen molar-refractivity contribution in [3.05, 3.63) is 0 Å². The summed E-state index contributed by atoms with van der Waals surface area (Å²) in [4.78, 5) is 0. The Kier molecular flexibility index (Phi) is 13.9. The van der Waals surface area contributed by atoms with Crippen molar-refractivity contribution < 1.29 is 13.6 Å². The van der Waals surface area contributed by atoms with E-state index in [4.69, 9.17) is 32.0 Å². The van der Waals surface area contributed by atoms with E-state index in [0.717, 1.165) is 38.5 Å². The van der Waals surface area contributed by atoms with Gasteiger partial charge in [0.1, 0.15) is 12.5 Å². The van der Waals surface area contributed by atoms with Gasteiger partial charge in [-0.2, -0.15) is 0 Å². The molecule has 122 valence electrons. The molecule has 0 radical (unpaired) electrons. The van der Waals surface area contributed by atoms with Crippen LogP contribution in [-0.4, -0.2) is 25.5 Å². The van der Waals surface area contributed by atoms with Crippen LogP contribution >= 0.6 is 8.25 Å². The van der Waals surface area contributed by atoms with Crippen molar-refractivity contribution in [2.75, 3.05) is 13.1 Å². The molecule has 0 aromatic rings. The molecule has 0 aliphatic rings. The van der Waals surface area contributed by atoms with Gasteiger partial charge in [0.15, 0.2) is 0 Å². The monoisotopic (exact) mass is 310 g/mol. The number of nitrogens with two attached hydrogens (primary N) is 4. The molecule has 8 N–H and O–H groups in total. The van der Waals surface area contributed by atoms with Crippen LogP contribution in [0.15, 0.2) is 0 Å². The first-order valence-electron chi connectivity index (χ1n) is 7.38. The molecule has 0 heterocycles. The average molecular weight is 310 g/mol. The van der Waals surface area contributed by atoms with Crippen LogP contribution < -0.4 is 22.9 Å². The summed E-state index contributed by atoms with van der Waals surface area (Å²) in [6.45, 7) is 1.35. The molecule has 8 heteroatoms. The Bertz CT molecular complexity index is 225. The maximum Gasteiger partial charge on any atom is 0.322 e. The Hall–Kier alpha value is -0.0100. The number of hydrogen-bond donors (Lipinski definition) is 4. The second-order valence-corrected chi connectivity index (χ2v) is 5.81. The number of hydrogen-bond acceptors (Lipinski definition) is 7. The molecule has 2 unspecified atom stereocenters. The number of rotatable bonds is 14. The zero-order chi connectivity index (χ0) is 15.2. The van der Waals surface area contributed by atoms with Crippen molar-refractivity contribution in [2.24, 2.45) is 22.9 Å². The molecule has 20 heavy (non-hydrogen) atoms. The maximum absolute atomic E-state index is 11.6. The predicted molar refractivity (Wildman–Crippen MR) is 82.2 cm³/mol. The highest BCUT2D eigenvalue weighted by Gasteiger charge is 2.12. The van der Waals surface area contributed by atoms with Crippen molar-refractivity contribution in [2.45, 2.75) is 63.8 Å². The lowest BCUT2D eigenvalue weighted by Gasteiger charge is -2.16. The van der Waals surface area contributed by atoms with E-state index in [1.165, 1.54) is 0 Å². The quantitative estimate of drug-likeness (QED) is 0.213. The molecule has 0 amide bonds. The second kappa shape index (κ2) is 13.9. The molecule has 0 saturated heterocycles. The summed E-state index contributed by atoms with van der Waals surface area (Å²) in [6, 6.07) is 0. The molecule has 0 aromatic carbocycles. The smallest absolute Gasteiger partial charge is 0.322 e.